The van der Waals surface area contributed by atoms with Crippen LogP contribution in [0.1, 0.15) is 22.8 Å². The smallest absolute Gasteiger partial charge is 0.251 e. The Morgan fingerprint density at radius 3 is 2.24 bits per heavy atom. The number of hydrogen-bond donors (Lipinski definition) is 2. The number of carbonyl (C=O) groups excluding carboxylic acids is 1. The summed E-state index contributed by atoms with van der Waals surface area (Å²) in [4.78, 5) is 12.1. The van der Waals surface area contributed by atoms with Crippen LogP contribution in [0.25, 0.3) is 0 Å². The van der Waals surface area contributed by atoms with Crippen molar-refractivity contribution in [2.24, 2.45) is 0 Å². The van der Waals surface area contributed by atoms with E-state index in [4.69, 9.17) is 4.74 Å². The number of benzene rings is 2. The SMILES string of the molecule is CCS(=O)(=O)Nc1ccc(C(=O)NCCc2ccc(OC)cc2)cc1. The number of sulfonamides is 1. The molecular formula is C18H22N2O4S. The highest BCUT2D eigenvalue weighted by Gasteiger charge is 2.08. The Morgan fingerprint density at radius 1 is 1.04 bits per heavy atom. The fraction of sp³-hybridized carbons (Fsp3) is 0.278. The maximum Gasteiger partial charge on any atom is 0.251 e. The minimum atomic E-state index is -3.32. The van der Waals surface area contributed by atoms with Crippen molar-refractivity contribution in [2.75, 3.05) is 24.1 Å². The summed E-state index contributed by atoms with van der Waals surface area (Å²) < 4.78 is 30.6. The maximum atomic E-state index is 12.1. The highest BCUT2D eigenvalue weighted by atomic mass is 32.2. The molecule has 0 unspecified atom stereocenters. The molecule has 0 radical (unpaired) electrons. The molecule has 2 aromatic carbocycles. The van der Waals surface area contributed by atoms with Gasteiger partial charge in [0.1, 0.15) is 5.75 Å². The minimum absolute atomic E-state index is 0.000593. The van der Waals surface area contributed by atoms with Gasteiger partial charge in [-0.15, -0.1) is 0 Å². The Balaban J connectivity index is 1.86. The molecule has 0 spiro atoms. The van der Waals surface area contributed by atoms with Gasteiger partial charge in [0.05, 0.1) is 12.9 Å². The number of carbonyl (C=O) groups is 1. The van der Waals surface area contributed by atoms with E-state index >= 15 is 0 Å². The summed E-state index contributed by atoms with van der Waals surface area (Å²) in [7, 11) is -1.70. The summed E-state index contributed by atoms with van der Waals surface area (Å²) in [5, 5.41) is 2.85. The largest absolute Gasteiger partial charge is 0.497 e. The summed E-state index contributed by atoms with van der Waals surface area (Å²) >= 11 is 0. The fourth-order valence-electron chi connectivity index (χ4n) is 2.16. The Kier molecular flexibility index (Phi) is 6.41. The minimum Gasteiger partial charge on any atom is -0.497 e. The molecule has 1 amide bonds. The molecule has 0 fully saturated rings. The Labute approximate surface area is 148 Å². The van der Waals surface area contributed by atoms with Crippen molar-refractivity contribution in [2.45, 2.75) is 13.3 Å². The molecule has 0 atom stereocenters. The van der Waals surface area contributed by atoms with Gasteiger partial charge >= 0.3 is 0 Å². The molecule has 2 N–H and O–H groups in total. The zero-order valence-electron chi connectivity index (χ0n) is 14.3. The van der Waals surface area contributed by atoms with Crippen LogP contribution < -0.4 is 14.8 Å². The molecule has 2 rings (SSSR count). The Morgan fingerprint density at radius 2 is 1.68 bits per heavy atom. The van der Waals surface area contributed by atoms with Crippen LogP contribution in [0.3, 0.4) is 0 Å². The molecule has 0 saturated heterocycles. The van der Waals surface area contributed by atoms with Crippen LogP contribution in [0.4, 0.5) is 5.69 Å². The van der Waals surface area contributed by atoms with Crippen molar-refractivity contribution in [3.63, 3.8) is 0 Å². The van der Waals surface area contributed by atoms with Gasteiger partial charge in [-0.2, -0.15) is 0 Å². The average molecular weight is 362 g/mol. The molecule has 0 heterocycles. The van der Waals surface area contributed by atoms with Crippen LogP contribution in [0.15, 0.2) is 48.5 Å². The van der Waals surface area contributed by atoms with Crippen molar-refractivity contribution in [1.82, 2.24) is 5.32 Å². The first-order valence-corrected chi connectivity index (χ1v) is 9.60. The molecule has 2 aromatic rings. The van der Waals surface area contributed by atoms with Crippen LogP contribution in [0, 0.1) is 0 Å². The second-order valence-electron chi connectivity index (χ2n) is 5.44. The second-order valence-corrected chi connectivity index (χ2v) is 7.45. The molecule has 25 heavy (non-hydrogen) atoms. The van der Waals surface area contributed by atoms with Crippen LogP contribution in [0.5, 0.6) is 5.75 Å². The Hall–Kier alpha value is -2.54. The van der Waals surface area contributed by atoms with Crippen molar-refractivity contribution in [3.05, 3.63) is 59.7 Å². The van der Waals surface area contributed by atoms with Crippen molar-refractivity contribution in [1.29, 1.82) is 0 Å². The van der Waals surface area contributed by atoms with E-state index in [9.17, 15) is 13.2 Å². The van der Waals surface area contributed by atoms with E-state index in [-0.39, 0.29) is 11.7 Å². The third kappa shape index (κ3) is 5.79. The summed E-state index contributed by atoms with van der Waals surface area (Å²) in [6.45, 7) is 2.07. The van der Waals surface area contributed by atoms with E-state index in [1.807, 2.05) is 24.3 Å². The molecule has 134 valence electrons. The summed E-state index contributed by atoms with van der Waals surface area (Å²) in [6, 6.07) is 14.0. The molecule has 0 aliphatic carbocycles. The summed E-state index contributed by atoms with van der Waals surface area (Å²) in [5.41, 5.74) is 2.02. The average Bonchev–Trinajstić information content (AvgIpc) is 2.62. The first-order valence-electron chi connectivity index (χ1n) is 7.95. The van der Waals surface area contributed by atoms with Crippen molar-refractivity contribution < 1.29 is 17.9 Å². The first-order chi connectivity index (χ1) is 11.9. The molecule has 0 aliphatic rings. The van der Waals surface area contributed by atoms with Gasteiger partial charge in [-0.05, 0) is 55.3 Å². The number of methoxy groups -OCH3 is 1. The van der Waals surface area contributed by atoms with Gasteiger partial charge in [-0.25, -0.2) is 8.42 Å². The van der Waals surface area contributed by atoms with E-state index in [0.717, 1.165) is 11.3 Å². The van der Waals surface area contributed by atoms with Crippen LogP contribution in [-0.4, -0.2) is 33.7 Å². The van der Waals surface area contributed by atoms with Crippen LogP contribution >= 0.6 is 0 Å². The third-order valence-electron chi connectivity index (χ3n) is 3.66. The lowest BCUT2D eigenvalue weighted by atomic mass is 10.1. The van der Waals surface area contributed by atoms with Gasteiger partial charge in [0.15, 0.2) is 0 Å². The lowest BCUT2D eigenvalue weighted by Crippen LogP contribution is -2.25. The van der Waals surface area contributed by atoms with E-state index in [2.05, 4.69) is 10.0 Å². The van der Waals surface area contributed by atoms with Gasteiger partial charge < -0.3 is 10.1 Å². The highest BCUT2D eigenvalue weighted by molar-refractivity contribution is 7.92. The topological polar surface area (TPSA) is 84.5 Å². The maximum absolute atomic E-state index is 12.1. The molecule has 0 bridgehead atoms. The lowest BCUT2D eigenvalue weighted by Gasteiger charge is -2.08. The van der Waals surface area contributed by atoms with E-state index < -0.39 is 10.0 Å². The highest BCUT2D eigenvalue weighted by Crippen LogP contribution is 2.13. The molecule has 0 aliphatic heterocycles. The summed E-state index contributed by atoms with van der Waals surface area (Å²) in [6.07, 6.45) is 0.712. The lowest BCUT2D eigenvalue weighted by molar-refractivity contribution is 0.0954. The molecule has 6 nitrogen and oxygen atoms in total. The number of hydrogen-bond acceptors (Lipinski definition) is 4. The normalized spacial score (nSPS) is 11.0. The van der Waals surface area contributed by atoms with Gasteiger partial charge in [-0.1, -0.05) is 12.1 Å². The molecule has 0 aromatic heterocycles. The van der Waals surface area contributed by atoms with Gasteiger partial charge in [-0.3, -0.25) is 9.52 Å². The van der Waals surface area contributed by atoms with Gasteiger partial charge in [0.25, 0.3) is 5.91 Å². The molecule has 0 saturated carbocycles. The van der Waals surface area contributed by atoms with Gasteiger partial charge in [0, 0.05) is 17.8 Å². The van der Waals surface area contributed by atoms with Crippen LogP contribution in [0.2, 0.25) is 0 Å². The Bertz CT molecular complexity index is 800. The van der Waals surface area contributed by atoms with Crippen molar-refractivity contribution >= 4 is 21.6 Å². The number of nitrogens with one attached hydrogen (secondary N) is 2. The standard InChI is InChI=1S/C18H22N2O4S/c1-3-25(22,23)20-16-8-6-15(7-9-16)18(21)19-13-12-14-4-10-17(24-2)11-5-14/h4-11,20H,3,12-13H2,1-2H3,(H,19,21). The van der Waals surface area contributed by atoms with Gasteiger partial charge in [0.2, 0.25) is 10.0 Å². The number of anilines is 1. The molecular weight excluding hydrogens is 340 g/mol. The summed E-state index contributed by atoms with van der Waals surface area (Å²) in [5.74, 6) is 0.602. The van der Waals surface area contributed by atoms with Crippen molar-refractivity contribution in [3.8, 4) is 5.75 Å². The third-order valence-corrected chi connectivity index (χ3v) is 4.97. The van der Waals surface area contributed by atoms with E-state index in [1.54, 1.807) is 38.3 Å². The first kappa shape index (κ1) is 18.8. The molecule has 7 heteroatoms. The van der Waals surface area contributed by atoms with Crippen LogP contribution in [-0.2, 0) is 16.4 Å². The monoisotopic (exact) mass is 362 g/mol. The predicted octanol–water partition coefficient (Wildman–Crippen LogP) is 2.43. The number of rotatable bonds is 8. The van der Waals surface area contributed by atoms with E-state index in [1.165, 1.54) is 0 Å². The zero-order valence-corrected chi connectivity index (χ0v) is 15.1. The number of amides is 1. The fourth-order valence-corrected chi connectivity index (χ4v) is 2.80. The quantitative estimate of drug-likeness (QED) is 0.755. The predicted molar refractivity (Wildman–Crippen MR) is 98.6 cm³/mol. The number of ether oxygens (including phenoxy) is 1. The second kappa shape index (κ2) is 8.53. The van der Waals surface area contributed by atoms with E-state index in [0.29, 0.717) is 24.2 Å². The zero-order chi connectivity index (χ0) is 18.3.